The van der Waals surface area contributed by atoms with Gasteiger partial charge in [-0.05, 0) is 38.5 Å². The fraction of sp³-hybridized carbons (Fsp3) is 0.917. The number of allylic oxidation sites excluding steroid dienone is 2. The highest BCUT2D eigenvalue weighted by atomic mass is 31.2. The van der Waals surface area contributed by atoms with E-state index in [1.165, 1.54) is 57.8 Å². The van der Waals surface area contributed by atoms with Crippen LogP contribution in [0, 0.1) is 0 Å². The minimum atomic E-state index is -3.57. The highest BCUT2D eigenvalue weighted by molar-refractivity contribution is 7.53. The molecule has 0 spiro atoms. The molecule has 0 bridgehead atoms. The standard InChI is InChI=1S/C24H50NO3P/c1-6-8-9-10-11-12-13-14-15-16-17-18-19-20-21-23-28-29(26,27)24(22-7-2)25(3,4)5/h16-17,24H,6-15,18-23H2,1-5H3/p+1. The van der Waals surface area contributed by atoms with Gasteiger partial charge in [-0.3, -0.25) is 4.57 Å². The Morgan fingerprint density at radius 3 is 1.76 bits per heavy atom. The van der Waals surface area contributed by atoms with Gasteiger partial charge in [0.1, 0.15) is 0 Å². The lowest BCUT2D eigenvalue weighted by atomic mass is 10.1. The van der Waals surface area contributed by atoms with Crippen LogP contribution in [0.25, 0.3) is 0 Å². The molecule has 0 aromatic rings. The zero-order chi connectivity index (χ0) is 22.0. The maximum absolute atomic E-state index is 12.6. The number of quaternary nitrogens is 1. The topological polar surface area (TPSA) is 46.5 Å². The van der Waals surface area contributed by atoms with Crippen LogP contribution in [0.2, 0.25) is 0 Å². The number of hydrogen-bond donors (Lipinski definition) is 1. The molecule has 5 heteroatoms. The fourth-order valence-corrected chi connectivity index (χ4v) is 5.72. The summed E-state index contributed by atoms with van der Waals surface area (Å²) in [6, 6.07) is 0. The summed E-state index contributed by atoms with van der Waals surface area (Å²) in [7, 11) is 2.32. The Labute approximate surface area is 182 Å². The van der Waals surface area contributed by atoms with Crippen LogP contribution in [-0.2, 0) is 9.09 Å². The third-order valence-electron chi connectivity index (χ3n) is 5.50. The third kappa shape index (κ3) is 16.2. The molecule has 0 rings (SSSR count). The van der Waals surface area contributed by atoms with Crippen LogP contribution in [0.5, 0.6) is 0 Å². The molecule has 0 saturated carbocycles. The predicted octanol–water partition coefficient (Wildman–Crippen LogP) is 7.67. The van der Waals surface area contributed by atoms with E-state index >= 15 is 0 Å². The Bertz CT molecular complexity index is 446. The second kappa shape index (κ2) is 17.5. The molecule has 0 radical (unpaired) electrons. The molecule has 0 aromatic heterocycles. The maximum atomic E-state index is 12.6. The van der Waals surface area contributed by atoms with Gasteiger partial charge in [0.05, 0.1) is 27.7 Å². The summed E-state index contributed by atoms with van der Waals surface area (Å²) in [5.41, 5.74) is 0. The van der Waals surface area contributed by atoms with Gasteiger partial charge >= 0.3 is 7.60 Å². The minimum absolute atomic E-state index is 0.341. The van der Waals surface area contributed by atoms with E-state index < -0.39 is 7.60 Å². The van der Waals surface area contributed by atoms with Gasteiger partial charge in [-0.15, -0.1) is 0 Å². The Hall–Kier alpha value is -0.150. The third-order valence-corrected chi connectivity index (χ3v) is 7.76. The molecule has 0 aliphatic carbocycles. The van der Waals surface area contributed by atoms with E-state index in [1.54, 1.807) is 0 Å². The van der Waals surface area contributed by atoms with Gasteiger partial charge in [0.25, 0.3) is 0 Å². The Morgan fingerprint density at radius 2 is 1.28 bits per heavy atom. The van der Waals surface area contributed by atoms with Crippen LogP contribution in [0.1, 0.15) is 110 Å². The van der Waals surface area contributed by atoms with Gasteiger partial charge in [0.2, 0.25) is 0 Å². The molecule has 2 unspecified atom stereocenters. The van der Waals surface area contributed by atoms with Crippen molar-refractivity contribution >= 4 is 7.60 Å². The lowest BCUT2D eigenvalue weighted by molar-refractivity contribution is -0.883. The molecule has 0 aliphatic heterocycles. The first-order valence-corrected chi connectivity index (χ1v) is 13.8. The SMILES string of the molecule is CCCCCCCCCCC=CCCCCCOP(=O)(O)C(CCC)[N+](C)(C)C. The molecule has 0 aliphatic rings. The van der Waals surface area contributed by atoms with Gasteiger partial charge in [-0.2, -0.15) is 0 Å². The summed E-state index contributed by atoms with van der Waals surface area (Å²) in [5, 5.41) is 0. The van der Waals surface area contributed by atoms with E-state index in [0.717, 1.165) is 32.1 Å². The monoisotopic (exact) mass is 432 g/mol. The fourth-order valence-electron chi connectivity index (χ4n) is 3.70. The molecule has 1 N–H and O–H groups in total. The quantitative estimate of drug-likeness (QED) is 0.0929. The average Bonchev–Trinajstić information content (AvgIpc) is 2.64. The molecule has 174 valence electrons. The van der Waals surface area contributed by atoms with Crippen molar-refractivity contribution in [2.75, 3.05) is 27.7 Å². The largest absolute Gasteiger partial charge is 0.385 e. The average molecular weight is 433 g/mol. The van der Waals surface area contributed by atoms with E-state index in [9.17, 15) is 9.46 Å². The summed E-state index contributed by atoms with van der Waals surface area (Å²) < 4.78 is 18.5. The molecule has 29 heavy (non-hydrogen) atoms. The highest BCUT2D eigenvalue weighted by Gasteiger charge is 2.41. The first kappa shape index (κ1) is 28.9. The van der Waals surface area contributed by atoms with E-state index in [0.29, 0.717) is 17.5 Å². The number of rotatable bonds is 20. The second-order valence-electron chi connectivity index (χ2n) is 9.37. The zero-order valence-corrected chi connectivity index (χ0v) is 21.1. The molecular weight excluding hydrogens is 381 g/mol. The van der Waals surface area contributed by atoms with Crippen molar-refractivity contribution < 1.29 is 18.5 Å². The van der Waals surface area contributed by atoms with Crippen molar-refractivity contribution in [1.82, 2.24) is 0 Å². The normalized spacial score (nSPS) is 15.7. The van der Waals surface area contributed by atoms with Crippen molar-refractivity contribution in [1.29, 1.82) is 0 Å². The molecular formula is C24H51NO3P+. The molecule has 0 fully saturated rings. The van der Waals surface area contributed by atoms with Gasteiger partial charge in [-0.25, -0.2) is 0 Å². The number of hydrogen-bond acceptors (Lipinski definition) is 2. The number of nitrogens with zero attached hydrogens (tertiary/aromatic N) is 1. The van der Waals surface area contributed by atoms with Gasteiger partial charge in [-0.1, -0.05) is 77.4 Å². The lowest BCUT2D eigenvalue weighted by Crippen LogP contribution is -2.45. The van der Waals surface area contributed by atoms with Crippen LogP contribution < -0.4 is 0 Å². The first-order valence-electron chi connectivity index (χ1n) is 12.2. The number of unbranched alkanes of at least 4 members (excludes halogenated alkanes) is 11. The summed E-state index contributed by atoms with van der Waals surface area (Å²) in [6.07, 6.45) is 22.6. The molecule has 0 heterocycles. The molecule has 2 atom stereocenters. The van der Waals surface area contributed by atoms with Crippen molar-refractivity contribution in [3.8, 4) is 0 Å². The van der Waals surface area contributed by atoms with Crippen molar-refractivity contribution in [3.63, 3.8) is 0 Å². The minimum Gasteiger partial charge on any atom is -0.320 e. The van der Waals surface area contributed by atoms with Crippen molar-refractivity contribution in [2.45, 2.75) is 116 Å². The second-order valence-corrected chi connectivity index (χ2v) is 11.3. The summed E-state index contributed by atoms with van der Waals surface area (Å²) >= 11 is 0. The molecule has 0 aromatic carbocycles. The summed E-state index contributed by atoms with van der Waals surface area (Å²) in [4.78, 5) is 10.4. The van der Waals surface area contributed by atoms with E-state index in [2.05, 4.69) is 19.1 Å². The predicted molar refractivity (Wildman–Crippen MR) is 127 cm³/mol. The highest BCUT2D eigenvalue weighted by Crippen LogP contribution is 2.51. The van der Waals surface area contributed by atoms with E-state index in [1.807, 2.05) is 28.1 Å². The lowest BCUT2D eigenvalue weighted by Gasteiger charge is -2.35. The van der Waals surface area contributed by atoms with Crippen molar-refractivity contribution in [2.24, 2.45) is 0 Å². The van der Waals surface area contributed by atoms with Crippen LogP contribution in [0.3, 0.4) is 0 Å². The Balaban J connectivity index is 3.67. The van der Waals surface area contributed by atoms with E-state index in [4.69, 9.17) is 4.52 Å². The Kier molecular flexibility index (Phi) is 17.4. The van der Waals surface area contributed by atoms with Crippen LogP contribution in [-0.4, -0.2) is 42.9 Å². The zero-order valence-electron chi connectivity index (χ0n) is 20.2. The van der Waals surface area contributed by atoms with Gasteiger partial charge in [0, 0.05) is 6.42 Å². The maximum Gasteiger partial charge on any atom is 0.385 e. The van der Waals surface area contributed by atoms with Crippen molar-refractivity contribution in [3.05, 3.63) is 12.2 Å². The van der Waals surface area contributed by atoms with Crippen LogP contribution in [0.4, 0.5) is 0 Å². The first-order chi connectivity index (χ1) is 13.8. The summed E-state index contributed by atoms with van der Waals surface area (Å²) in [6.45, 7) is 4.70. The Morgan fingerprint density at radius 1 is 0.793 bits per heavy atom. The smallest absolute Gasteiger partial charge is 0.320 e. The summed E-state index contributed by atoms with van der Waals surface area (Å²) in [5.74, 6) is -0.341. The molecule has 0 amide bonds. The van der Waals surface area contributed by atoms with E-state index in [-0.39, 0.29) is 5.78 Å². The van der Waals surface area contributed by atoms with Gasteiger partial charge < -0.3 is 13.9 Å². The molecule has 4 nitrogen and oxygen atoms in total. The van der Waals surface area contributed by atoms with Crippen LogP contribution in [0.15, 0.2) is 12.2 Å². The van der Waals surface area contributed by atoms with Crippen LogP contribution >= 0.6 is 7.60 Å². The van der Waals surface area contributed by atoms with Gasteiger partial charge in [0.15, 0.2) is 5.78 Å². The molecule has 0 saturated heterocycles.